The Morgan fingerprint density at radius 2 is 1.83 bits per heavy atom. The third kappa shape index (κ3) is 5.79. The van der Waals surface area contributed by atoms with E-state index in [4.69, 9.17) is 4.74 Å². The van der Waals surface area contributed by atoms with Gasteiger partial charge in [0, 0.05) is 5.56 Å². The molecule has 1 fully saturated rings. The van der Waals surface area contributed by atoms with Gasteiger partial charge in [-0.1, -0.05) is 56.5 Å². The molecule has 0 spiro atoms. The second kappa shape index (κ2) is 10.7. The number of nitrogens with zero attached hydrogens (tertiary/aromatic N) is 1. The van der Waals surface area contributed by atoms with Gasteiger partial charge in [0.25, 0.3) is 0 Å². The van der Waals surface area contributed by atoms with Crippen LogP contribution in [0.4, 0.5) is 4.39 Å². The number of benzene rings is 2. The molecule has 3 nitrogen and oxygen atoms in total. The Hall–Kier alpha value is -2.93. The van der Waals surface area contributed by atoms with E-state index in [1.54, 1.807) is 48.5 Å². The first-order valence-electron chi connectivity index (χ1n) is 10.8. The number of unbranched alkanes of at least 4 members (excludes halogenated alkanes) is 1. The van der Waals surface area contributed by atoms with E-state index in [-0.39, 0.29) is 23.0 Å². The van der Waals surface area contributed by atoms with Gasteiger partial charge in [0.15, 0.2) is 0 Å². The zero-order valence-electron chi connectivity index (χ0n) is 17.4. The van der Waals surface area contributed by atoms with E-state index in [1.165, 1.54) is 25.3 Å². The van der Waals surface area contributed by atoms with Gasteiger partial charge in [-0.15, -0.1) is 0 Å². The SMILES string of the molecule is CCCCC1CCC(C(=O)Oc2ccc(/C=C(/C#N)c3ccccc3F)cc2)CC1. The van der Waals surface area contributed by atoms with Gasteiger partial charge in [0.2, 0.25) is 0 Å². The average molecular weight is 406 g/mol. The molecule has 0 aliphatic heterocycles. The normalized spacial score (nSPS) is 19.2. The first-order valence-corrected chi connectivity index (χ1v) is 10.8. The number of nitriles is 1. The lowest BCUT2D eigenvalue weighted by molar-refractivity contribution is -0.140. The molecule has 1 saturated carbocycles. The van der Waals surface area contributed by atoms with Crippen LogP contribution in [0.25, 0.3) is 11.6 Å². The quantitative estimate of drug-likeness (QED) is 0.220. The standard InChI is InChI=1S/C26H28FNO2/c1-2-3-6-19-9-13-21(14-10-19)26(29)30-23-15-11-20(12-16-23)17-22(18-28)24-7-4-5-8-25(24)27/h4-5,7-8,11-12,15-17,19,21H,2-3,6,9-10,13-14H2,1H3/b22-17-. The zero-order valence-corrected chi connectivity index (χ0v) is 17.4. The van der Waals surface area contributed by atoms with Gasteiger partial charge in [0.1, 0.15) is 11.6 Å². The molecule has 0 amide bonds. The van der Waals surface area contributed by atoms with Crippen molar-refractivity contribution in [3.8, 4) is 11.8 Å². The molecule has 0 N–H and O–H groups in total. The molecule has 156 valence electrons. The maximum atomic E-state index is 13.9. The van der Waals surface area contributed by atoms with Crippen molar-refractivity contribution in [3.05, 3.63) is 65.5 Å². The summed E-state index contributed by atoms with van der Waals surface area (Å²) in [6, 6.07) is 15.2. The third-order valence-corrected chi connectivity index (χ3v) is 5.84. The highest BCUT2D eigenvalue weighted by Gasteiger charge is 2.27. The van der Waals surface area contributed by atoms with Crippen LogP contribution in [0.3, 0.4) is 0 Å². The minimum Gasteiger partial charge on any atom is -0.426 e. The van der Waals surface area contributed by atoms with Crippen LogP contribution in [0.1, 0.15) is 63.0 Å². The van der Waals surface area contributed by atoms with Crippen molar-refractivity contribution >= 4 is 17.6 Å². The maximum absolute atomic E-state index is 13.9. The number of allylic oxidation sites excluding steroid dienone is 1. The Bertz CT molecular complexity index is 919. The Labute approximate surface area is 178 Å². The number of halogens is 1. The van der Waals surface area contributed by atoms with Gasteiger partial charge >= 0.3 is 5.97 Å². The molecule has 0 saturated heterocycles. The van der Waals surface area contributed by atoms with E-state index in [1.807, 2.05) is 6.07 Å². The Kier molecular flexibility index (Phi) is 7.79. The van der Waals surface area contributed by atoms with Crippen molar-refractivity contribution in [2.45, 2.75) is 51.9 Å². The molecule has 3 rings (SSSR count). The smallest absolute Gasteiger partial charge is 0.314 e. The van der Waals surface area contributed by atoms with Crippen molar-refractivity contribution in [2.75, 3.05) is 0 Å². The van der Waals surface area contributed by atoms with Gasteiger partial charge in [-0.3, -0.25) is 4.79 Å². The van der Waals surface area contributed by atoms with Crippen LogP contribution in [0.15, 0.2) is 48.5 Å². The predicted molar refractivity (Wildman–Crippen MR) is 117 cm³/mol. The topological polar surface area (TPSA) is 50.1 Å². The minimum absolute atomic E-state index is 0.0197. The Balaban J connectivity index is 1.59. The summed E-state index contributed by atoms with van der Waals surface area (Å²) in [6.07, 6.45) is 9.41. The summed E-state index contributed by atoms with van der Waals surface area (Å²) in [5.41, 5.74) is 1.26. The summed E-state index contributed by atoms with van der Waals surface area (Å²) in [5.74, 6) is 0.642. The van der Waals surface area contributed by atoms with Crippen LogP contribution >= 0.6 is 0 Å². The summed E-state index contributed by atoms with van der Waals surface area (Å²) in [6.45, 7) is 2.21. The lowest BCUT2D eigenvalue weighted by Crippen LogP contribution is -2.25. The first kappa shape index (κ1) is 21.8. The molecule has 0 heterocycles. The van der Waals surface area contributed by atoms with Crippen molar-refractivity contribution in [3.63, 3.8) is 0 Å². The Morgan fingerprint density at radius 3 is 2.47 bits per heavy atom. The van der Waals surface area contributed by atoms with E-state index in [2.05, 4.69) is 6.92 Å². The van der Waals surface area contributed by atoms with E-state index in [0.29, 0.717) is 5.75 Å². The van der Waals surface area contributed by atoms with Gasteiger partial charge in [-0.25, -0.2) is 4.39 Å². The number of hydrogen-bond acceptors (Lipinski definition) is 3. The molecular weight excluding hydrogens is 377 g/mol. The van der Waals surface area contributed by atoms with Gasteiger partial charge in [-0.05, 0) is 61.4 Å². The van der Waals surface area contributed by atoms with Gasteiger partial charge < -0.3 is 4.74 Å². The number of esters is 1. The van der Waals surface area contributed by atoms with Crippen LogP contribution in [0, 0.1) is 29.0 Å². The molecular formula is C26H28FNO2. The molecule has 2 aromatic rings. The number of carbonyl (C=O) groups excluding carboxylic acids is 1. The third-order valence-electron chi connectivity index (χ3n) is 5.84. The van der Waals surface area contributed by atoms with Crippen LogP contribution in [-0.2, 0) is 4.79 Å². The summed E-state index contributed by atoms with van der Waals surface area (Å²) in [7, 11) is 0. The van der Waals surface area contributed by atoms with Crippen LogP contribution in [0.5, 0.6) is 5.75 Å². The van der Waals surface area contributed by atoms with Crippen LogP contribution in [0.2, 0.25) is 0 Å². The molecule has 0 bridgehead atoms. The van der Waals surface area contributed by atoms with Crippen LogP contribution in [-0.4, -0.2) is 5.97 Å². The number of rotatable bonds is 7. The van der Waals surface area contributed by atoms with E-state index < -0.39 is 5.82 Å². The highest BCUT2D eigenvalue weighted by atomic mass is 19.1. The van der Waals surface area contributed by atoms with E-state index in [9.17, 15) is 14.4 Å². The maximum Gasteiger partial charge on any atom is 0.314 e. The molecule has 30 heavy (non-hydrogen) atoms. The van der Waals surface area contributed by atoms with Crippen molar-refractivity contribution in [1.82, 2.24) is 0 Å². The Morgan fingerprint density at radius 1 is 1.13 bits per heavy atom. The fraction of sp³-hybridized carbons (Fsp3) is 0.385. The molecule has 4 heteroatoms. The number of ether oxygens (including phenoxy) is 1. The fourth-order valence-electron chi connectivity index (χ4n) is 4.03. The lowest BCUT2D eigenvalue weighted by atomic mass is 9.80. The molecule has 0 unspecified atom stereocenters. The predicted octanol–water partition coefficient (Wildman–Crippen LogP) is 6.79. The monoisotopic (exact) mass is 405 g/mol. The molecule has 2 aromatic carbocycles. The van der Waals surface area contributed by atoms with E-state index >= 15 is 0 Å². The average Bonchev–Trinajstić information content (AvgIpc) is 2.78. The van der Waals surface area contributed by atoms with Gasteiger partial charge in [0.05, 0.1) is 17.6 Å². The van der Waals surface area contributed by atoms with Crippen molar-refractivity contribution in [2.24, 2.45) is 11.8 Å². The fourth-order valence-corrected chi connectivity index (χ4v) is 4.03. The van der Waals surface area contributed by atoms with Crippen molar-refractivity contribution < 1.29 is 13.9 Å². The second-order valence-electron chi connectivity index (χ2n) is 8.00. The summed E-state index contributed by atoms with van der Waals surface area (Å²) >= 11 is 0. The molecule has 1 aliphatic rings. The van der Waals surface area contributed by atoms with E-state index in [0.717, 1.165) is 37.2 Å². The first-order chi connectivity index (χ1) is 14.6. The van der Waals surface area contributed by atoms with Gasteiger partial charge in [-0.2, -0.15) is 5.26 Å². The second-order valence-corrected chi connectivity index (χ2v) is 8.00. The zero-order chi connectivity index (χ0) is 21.3. The van der Waals surface area contributed by atoms with Crippen molar-refractivity contribution in [1.29, 1.82) is 5.26 Å². The summed E-state index contributed by atoms with van der Waals surface area (Å²) < 4.78 is 19.5. The largest absolute Gasteiger partial charge is 0.426 e. The number of hydrogen-bond donors (Lipinski definition) is 0. The summed E-state index contributed by atoms with van der Waals surface area (Å²) in [4.78, 5) is 12.5. The minimum atomic E-state index is -0.430. The van der Waals surface area contributed by atoms with Crippen LogP contribution < -0.4 is 4.74 Å². The highest BCUT2D eigenvalue weighted by molar-refractivity contribution is 5.89. The molecule has 0 aromatic heterocycles. The summed E-state index contributed by atoms with van der Waals surface area (Å²) in [5, 5.41) is 9.40. The lowest BCUT2D eigenvalue weighted by Gasteiger charge is -2.27. The highest BCUT2D eigenvalue weighted by Crippen LogP contribution is 2.33. The molecule has 1 aliphatic carbocycles. The molecule has 0 radical (unpaired) electrons. The molecule has 0 atom stereocenters. The number of carbonyl (C=O) groups is 1.